The lowest BCUT2D eigenvalue weighted by molar-refractivity contribution is -0.0298. The Bertz CT molecular complexity index is 878. The molecule has 1 saturated heterocycles. The van der Waals surface area contributed by atoms with Crippen LogP contribution in [-0.2, 0) is 4.74 Å². The Hall–Kier alpha value is -1.26. The molecule has 0 radical (unpaired) electrons. The van der Waals surface area contributed by atoms with Gasteiger partial charge in [0, 0.05) is 39.4 Å². The lowest BCUT2D eigenvalue weighted by Crippen LogP contribution is -2.18. The third-order valence-electron chi connectivity index (χ3n) is 3.95. The van der Waals surface area contributed by atoms with Gasteiger partial charge in [-0.2, -0.15) is 0 Å². The van der Waals surface area contributed by atoms with Crippen molar-refractivity contribution in [3.05, 3.63) is 38.9 Å². The molecule has 0 bridgehead atoms. The number of halogens is 2. The third kappa shape index (κ3) is 3.27. The molecule has 0 spiro atoms. The number of nitrogens with one attached hydrogen (secondary N) is 1. The molecule has 1 aliphatic heterocycles. The Morgan fingerprint density at radius 3 is 3.00 bits per heavy atom. The summed E-state index contributed by atoms with van der Waals surface area (Å²) < 4.78 is 9.58. The molecule has 3 aromatic rings. The molecule has 4 rings (SSSR count). The summed E-state index contributed by atoms with van der Waals surface area (Å²) in [6.07, 6.45) is 5.08. The van der Waals surface area contributed by atoms with Crippen LogP contribution < -0.4 is 5.32 Å². The molecule has 1 unspecified atom stereocenters. The van der Waals surface area contributed by atoms with Crippen LogP contribution in [-0.4, -0.2) is 26.1 Å². The van der Waals surface area contributed by atoms with Crippen molar-refractivity contribution in [3.8, 4) is 0 Å². The predicted molar refractivity (Wildman–Crippen MR) is 104 cm³/mol. The molecule has 0 saturated carbocycles. The van der Waals surface area contributed by atoms with Crippen LogP contribution in [0.25, 0.3) is 11.2 Å². The van der Waals surface area contributed by atoms with Gasteiger partial charge in [0.05, 0.1) is 6.33 Å². The van der Waals surface area contributed by atoms with Crippen molar-refractivity contribution < 1.29 is 4.74 Å². The quantitative estimate of drug-likeness (QED) is 0.420. The van der Waals surface area contributed by atoms with Crippen LogP contribution in [0.1, 0.15) is 25.5 Å². The van der Waals surface area contributed by atoms with Crippen molar-refractivity contribution >= 4 is 61.2 Å². The van der Waals surface area contributed by atoms with Crippen LogP contribution in [0.15, 0.2) is 35.1 Å². The number of imidazole rings is 1. The van der Waals surface area contributed by atoms with E-state index in [9.17, 15) is 0 Å². The van der Waals surface area contributed by atoms with Crippen LogP contribution in [0.4, 0.5) is 11.5 Å². The molecular formula is C16H15BrIN5O. The van der Waals surface area contributed by atoms with E-state index < -0.39 is 0 Å². The number of aromatic nitrogens is 4. The molecule has 8 heteroatoms. The summed E-state index contributed by atoms with van der Waals surface area (Å²) in [6, 6.07) is 7.96. The van der Waals surface area contributed by atoms with Gasteiger partial charge < -0.3 is 10.1 Å². The smallest absolute Gasteiger partial charge is 0.194 e. The van der Waals surface area contributed by atoms with E-state index in [2.05, 4.69) is 58.8 Å². The molecule has 1 N–H and O–H groups in total. The molecule has 2 aromatic heterocycles. The van der Waals surface area contributed by atoms with Crippen molar-refractivity contribution in [2.45, 2.75) is 25.5 Å². The Morgan fingerprint density at radius 2 is 2.21 bits per heavy atom. The fourth-order valence-electron chi connectivity index (χ4n) is 2.83. The minimum atomic E-state index is 0.00756. The Kier molecular flexibility index (Phi) is 4.68. The number of ether oxygens (including phenoxy) is 1. The van der Waals surface area contributed by atoms with E-state index >= 15 is 0 Å². The lowest BCUT2D eigenvalue weighted by Gasteiger charge is -2.23. The number of benzene rings is 1. The molecular weight excluding hydrogens is 485 g/mol. The van der Waals surface area contributed by atoms with E-state index in [0.29, 0.717) is 9.65 Å². The first-order chi connectivity index (χ1) is 11.7. The van der Waals surface area contributed by atoms with Crippen molar-refractivity contribution in [2.24, 2.45) is 0 Å². The number of hydrogen-bond acceptors (Lipinski definition) is 5. The number of fused-ring (bicyclic) bond motifs is 1. The first-order valence-corrected chi connectivity index (χ1v) is 9.62. The lowest BCUT2D eigenvalue weighted by atomic mass is 10.2. The molecule has 24 heavy (non-hydrogen) atoms. The van der Waals surface area contributed by atoms with Crippen molar-refractivity contribution in [1.29, 1.82) is 0 Å². The average Bonchev–Trinajstić information content (AvgIpc) is 2.99. The van der Waals surface area contributed by atoms with Gasteiger partial charge in [-0.25, -0.2) is 15.0 Å². The molecule has 1 aliphatic rings. The molecule has 3 heterocycles. The summed E-state index contributed by atoms with van der Waals surface area (Å²) in [4.78, 5) is 13.6. The van der Waals surface area contributed by atoms with E-state index in [1.807, 2.05) is 28.8 Å². The molecule has 1 aromatic carbocycles. The standard InChI is InChI=1S/C16H15BrIN5O/c17-10-4-3-5-11(8-10)20-14-13-15(22-16(18)21-14)23(9-19-13)12-6-1-2-7-24-12/h3-5,8-9,12H,1-2,6-7H2,(H,20,21,22). The second-order valence-electron chi connectivity index (χ2n) is 5.62. The zero-order valence-electron chi connectivity index (χ0n) is 12.7. The highest BCUT2D eigenvalue weighted by atomic mass is 127. The highest BCUT2D eigenvalue weighted by Gasteiger charge is 2.21. The Morgan fingerprint density at radius 1 is 1.29 bits per heavy atom. The van der Waals surface area contributed by atoms with Crippen molar-refractivity contribution in [3.63, 3.8) is 0 Å². The molecule has 1 atom stereocenters. The highest BCUT2D eigenvalue weighted by Crippen LogP contribution is 2.29. The Balaban J connectivity index is 1.74. The van der Waals surface area contributed by atoms with E-state index in [-0.39, 0.29) is 6.23 Å². The third-order valence-corrected chi connectivity index (χ3v) is 4.92. The van der Waals surface area contributed by atoms with Gasteiger partial charge in [0.2, 0.25) is 0 Å². The molecule has 1 fully saturated rings. The van der Waals surface area contributed by atoms with Gasteiger partial charge in [0.1, 0.15) is 6.23 Å². The van der Waals surface area contributed by atoms with Crippen molar-refractivity contribution in [2.75, 3.05) is 11.9 Å². The largest absolute Gasteiger partial charge is 0.358 e. The van der Waals surface area contributed by atoms with Gasteiger partial charge >= 0.3 is 0 Å². The highest BCUT2D eigenvalue weighted by molar-refractivity contribution is 14.1. The monoisotopic (exact) mass is 499 g/mol. The van der Waals surface area contributed by atoms with Gasteiger partial charge in [-0.15, -0.1) is 0 Å². The van der Waals surface area contributed by atoms with Crippen LogP contribution >= 0.6 is 38.5 Å². The first-order valence-electron chi connectivity index (χ1n) is 7.75. The second kappa shape index (κ2) is 6.93. The van der Waals surface area contributed by atoms with Crippen LogP contribution in [0.3, 0.4) is 0 Å². The summed E-state index contributed by atoms with van der Waals surface area (Å²) in [7, 11) is 0. The topological polar surface area (TPSA) is 64.9 Å². The number of anilines is 2. The fraction of sp³-hybridized carbons (Fsp3) is 0.312. The van der Waals surface area contributed by atoms with E-state index in [4.69, 9.17) is 4.74 Å². The van der Waals surface area contributed by atoms with E-state index in [1.165, 1.54) is 0 Å². The van der Waals surface area contributed by atoms with Crippen LogP contribution in [0.5, 0.6) is 0 Å². The van der Waals surface area contributed by atoms with Gasteiger partial charge in [-0.1, -0.05) is 22.0 Å². The SMILES string of the molecule is Brc1cccc(Nc2nc(I)nc3c2ncn3C2CCCCO2)c1. The predicted octanol–water partition coefficient (Wildman–Crippen LogP) is 4.64. The van der Waals surface area contributed by atoms with Crippen LogP contribution in [0, 0.1) is 3.83 Å². The van der Waals surface area contributed by atoms with Gasteiger partial charge in [-0.05, 0) is 37.5 Å². The maximum Gasteiger partial charge on any atom is 0.194 e. The average molecular weight is 500 g/mol. The minimum Gasteiger partial charge on any atom is -0.358 e. The maximum absolute atomic E-state index is 5.88. The maximum atomic E-state index is 5.88. The van der Waals surface area contributed by atoms with Gasteiger partial charge in [-0.3, -0.25) is 4.57 Å². The summed E-state index contributed by atoms with van der Waals surface area (Å²) in [5.74, 6) is 0.706. The van der Waals surface area contributed by atoms with E-state index in [1.54, 1.807) is 6.33 Å². The zero-order valence-corrected chi connectivity index (χ0v) is 16.5. The summed E-state index contributed by atoms with van der Waals surface area (Å²) >= 11 is 5.62. The van der Waals surface area contributed by atoms with Gasteiger partial charge in [0.15, 0.2) is 20.8 Å². The zero-order chi connectivity index (χ0) is 16.5. The Labute approximate surface area is 161 Å². The fourth-order valence-corrected chi connectivity index (χ4v) is 3.70. The van der Waals surface area contributed by atoms with Crippen LogP contribution in [0.2, 0.25) is 0 Å². The van der Waals surface area contributed by atoms with Gasteiger partial charge in [0.25, 0.3) is 0 Å². The van der Waals surface area contributed by atoms with E-state index in [0.717, 1.165) is 47.2 Å². The minimum absolute atomic E-state index is 0.00756. The summed E-state index contributed by atoms with van der Waals surface area (Å²) in [5.41, 5.74) is 2.51. The normalized spacial score (nSPS) is 18.0. The number of nitrogens with zero attached hydrogens (tertiary/aromatic N) is 4. The summed E-state index contributed by atoms with van der Waals surface area (Å²) in [6.45, 7) is 0.787. The number of hydrogen-bond donors (Lipinski definition) is 1. The number of rotatable bonds is 3. The summed E-state index contributed by atoms with van der Waals surface area (Å²) in [5, 5.41) is 3.34. The van der Waals surface area contributed by atoms with Crippen molar-refractivity contribution in [1.82, 2.24) is 19.5 Å². The molecule has 6 nitrogen and oxygen atoms in total. The second-order valence-corrected chi connectivity index (χ2v) is 7.50. The molecule has 0 amide bonds. The molecule has 0 aliphatic carbocycles. The first kappa shape index (κ1) is 16.2. The molecule has 124 valence electrons.